The SMILES string of the molecule is CCCCC/C=C\C/C=C\CCCCCCCCCCCC(=O)OCCCCCCCCCCC/C=C\C/C=C\CCCCCCCCCCCCCCCCCCCC(=O)NC(CO)C(O)/C=C/CCCCCCCCCCCC. The first-order valence-corrected chi connectivity index (χ1v) is 36.1. The average Bonchev–Trinajstić information content (AvgIpc) is 3.47. The molecule has 1 amide bonds. The summed E-state index contributed by atoms with van der Waals surface area (Å²) in [4.78, 5) is 24.6. The fourth-order valence-corrected chi connectivity index (χ4v) is 11.0. The van der Waals surface area contributed by atoms with E-state index in [1.807, 2.05) is 6.08 Å². The van der Waals surface area contributed by atoms with E-state index >= 15 is 0 Å². The summed E-state index contributed by atoms with van der Waals surface area (Å²) in [5.41, 5.74) is 0. The van der Waals surface area contributed by atoms with Gasteiger partial charge in [0.15, 0.2) is 0 Å². The largest absolute Gasteiger partial charge is 0.466 e. The van der Waals surface area contributed by atoms with E-state index in [1.165, 1.54) is 295 Å². The predicted octanol–water partition coefficient (Wildman–Crippen LogP) is 23.4. The molecule has 81 heavy (non-hydrogen) atoms. The Morgan fingerprint density at radius 3 is 0.963 bits per heavy atom. The summed E-state index contributed by atoms with van der Waals surface area (Å²) in [6, 6.07) is -0.626. The second-order valence-corrected chi connectivity index (χ2v) is 24.6. The number of carbonyl (C=O) groups is 2. The van der Waals surface area contributed by atoms with Crippen molar-refractivity contribution in [2.24, 2.45) is 0 Å². The molecule has 0 aromatic rings. The number of amides is 1. The zero-order chi connectivity index (χ0) is 58.5. The van der Waals surface area contributed by atoms with Crippen molar-refractivity contribution < 1.29 is 24.5 Å². The molecule has 0 rings (SSSR count). The van der Waals surface area contributed by atoms with Gasteiger partial charge in [0.05, 0.1) is 25.4 Å². The second kappa shape index (κ2) is 70.0. The van der Waals surface area contributed by atoms with Gasteiger partial charge in [0.2, 0.25) is 5.91 Å². The third-order valence-corrected chi connectivity index (χ3v) is 16.5. The van der Waals surface area contributed by atoms with Crippen molar-refractivity contribution in [3.8, 4) is 0 Å². The molecular formula is C75H139NO5. The third-order valence-electron chi connectivity index (χ3n) is 16.5. The van der Waals surface area contributed by atoms with Gasteiger partial charge in [-0.15, -0.1) is 0 Å². The van der Waals surface area contributed by atoms with Crippen LogP contribution in [0.15, 0.2) is 60.8 Å². The summed E-state index contributed by atoms with van der Waals surface area (Å²) in [6.07, 6.45) is 93.1. The molecule has 0 fully saturated rings. The van der Waals surface area contributed by atoms with Crippen LogP contribution in [0.5, 0.6) is 0 Å². The van der Waals surface area contributed by atoms with E-state index < -0.39 is 12.1 Å². The molecular weight excluding hydrogens is 995 g/mol. The molecule has 0 aliphatic heterocycles. The topological polar surface area (TPSA) is 95.9 Å². The van der Waals surface area contributed by atoms with Crippen molar-refractivity contribution in [3.05, 3.63) is 60.8 Å². The standard InChI is InChI=1S/C75H139NO5/c1-3-5-7-9-11-13-15-17-18-19-35-39-42-45-49-53-57-61-65-69-75(80)81-70-66-62-58-54-50-46-43-40-37-34-32-30-28-26-24-22-20-21-23-25-27-29-31-33-36-38-41-44-48-52-56-60-64-68-74(79)76-72(71-77)73(78)67-63-59-55-51-47-16-14-12-10-8-6-4-2/h11,13,17-18,24,26,30,32,63,67,72-73,77-78H,3-10,12,14-16,19-23,25,27-29,31,33-62,64-66,68-71H2,1-2H3,(H,76,79)/b13-11-,18-17-,26-24-,32-30-,67-63+. The molecule has 0 heterocycles. The number of carbonyl (C=O) groups excluding carboxylic acids is 2. The first-order valence-electron chi connectivity index (χ1n) is 36.1. The van der Waals surface area contributed by atoms with Crippen molar-refractivity contribution in [1.82, 2.24) is 5.32 Å². The van der Waals surface area contributed by atoms with Gasteiger partial charge in [0.1, 0.15) is 0 Å². The highest BCUT2D eigenvalue weighted by atomic mass is 16.5. The minimum atomic E-state index is -0.843. The van der Waals surface area contributed by atoms with Crippen molar-refractivity contribution in [1.29, 1.82) is 0 Å². The normalized spacial score (nSPS) is 12.9. The van der Waals surface area contributed by atoms with E-state index in [9.17, 15) is 19.8 Å². The molecule has 0 bridgehead atoms. The highest BCUT2D eigenvalue weighted by Crippen LogP contribution is 2.18. The Kier molecular flexibility index (Phi) is 67.9. The summed E-state index contributed by atoms with van der Waals surface area (Å²) in [5, 5.41) is 23.1. The number of nitrogens with one attached hydrogen (secondary N) is 1. The second-order valence-electron chi connectivity index (χ2n) is 24.6. The molecule has 6 nitrogen and oxygen atoms in total. The fourth-order valence-electron chi connectivity index (χ4n) is 11.0. The highest BCUT2D eigenvalue weighted by molar-refractivity contribution is 5.76. The van der Waals surface area contributed by atoms with E-state index in [4.69, 9.17) is 4.74 Å². The van der Waals surface area contributed by atoms with Gasteiger partial charge in [-0.05, 0) is 96.3 Å². The van der Waals surface area contributed by atoms with Crippen molar-refractivity contribution >= 4 is 11.9 Å². The summed E-state index contributed by atoms with van der Waals surface area (Å²) in [7, 11) is 0. The van der Waals surface area contributed by atoms with Crippen LogP contribution in [0.25, 0.3) is 0 Å². The molecule has 2 unspecified atom stereocenters. The number of ether oxygens (including phenoxy) is 1. The third kappa shape index (κ3) is 66.6. The maximum absolute atomic E-state index is 12.5. The number of rotatable bonds is 67. The van der Waals surface area contributed by atoms with Crippen LogP contribution in [-0.2, 0) is 14.3 Å². The lowest BCUT2D eigenvalue weighted by Gasteiger charge is -2.20. The molecule has 0 aliphatic rings. The molecule has 3 N–H and O–H groups in total. The lowest BCUT2D eigenvalue weighted by atomic mass is 10.0. The Bertz CT molecular complexity index is 1400. The van der Waals surface area contributed by atoms with E-state index in [1.54, 1.807) is 6.08 Å². The van der Waals surface area contributed by atoms with Gasteiger partial charge >= 0.3 is 5.97 Å². The zero-order valence-electron chi connectivity index (χ0n) is 54.3. The Morgan fingerprint density at radius 2 is 0.617 bits per heavy atom. The molecule has 6 heteroatoms. The van der Waals surface area contributed by atoms with E-state index in [0.717, 1.165) is 57.8 Å². The Hall–Kier alpha value is -2.44. The maximum Gasteiger partial charge on any atom is 0.305 e. The van der Waals surface area contributed by atoms with Gasteiger partial charge in [-0.2, -0.15) is 0 Å². The van der Waals surface area contributed by atoms with Crippen LogP contribution in [0.3, 0.4) is 0 Å². The lowest BCUT2D eigenvalue weighted by molar-refractivity contribution is -0.143. The summed E-state index contributed by atoms with van der Waals surface area (Å²) in [6.45, 7) is 4.88. The Balaban J connectivity index is 3.38. The van der Waals surface area contributed by atoms with Crippen LogP contribution >= 0.6 is 0 Å². The summed E-state index contributed by atoms with van der Waals surface area (Å²) < 4.78 is 5.50. The lowest BCUT2D eigenvalue weighted by Crippen LogP contribution is -2.45. The van der Waals surface area contributed by atoms with E-state index in [-0.39, 0.29) is 18.5 Å². The number of aliphatic hydroxyl groups excluding tert-OH is 2. The van der Waals surface area contributed by atoms with Gasteiger partial charge in [-0.1, -0.05) is 331 Å². The first-order chi connectivity index (χ1) is 40.0. The minimum Gasteiger partial charge on any atom is -0.466 e. The van der Waals surface area contributed by atoms with Crippen molar-refractivity contribution in [2.75, 3.05) is 13.2 Å². The number of allylic oxidation sites excluding steroid dienone is 9. The van der Waals surface area contributed by atoms with Gasteiger partial charge in [-0.25, -0.2) is 0 Å². The Labute approximate surface area is 505 Å². The molecule has 2 atom stereocenters. The van der Waals surface area contributed by atoms with Gasteiger partial charge < -0.3 is 20.3 Å². The van der Waals surface area contributed by atoms with Crippen LogP contribution < -0.4 is 5.32 Å². The summed E-state index contributed by atoms with van der Waals surface area (Å²) in [5.74, 6) is -0.0560. The highest BCUT2D eigenvalue weighted by Gasteiger charge is 2.18. The van der Waals surface area contributed by atoms with E-state index in [2.05, 4.69) is 67.8 Å². The average molecular weight is 1130 g/mol. The zero-order valence-corrected chi connectivity index (χ0v) is 54.3. The monoisotopic (exact) mass is 1130 g/mol. The van der Waals surface area contributed by atoms with Crippen LogP contribution in [-0.4, -0.2) is 47.4 Å². The van der Waals surface area contributed by atoms with Crippen LogP contribution in [0, 0.1) is 0 Å². The maximum atomic E-state index is 12.5. The smallest absolute Gasteiger partial charge is 0.305 e. The van der Waals surface area contributed by atoms with Crippen LogP contribution in [0.2, 0.25) is 0 Å². The molecule has 0 spiro atoms. The van der Waals surface area contributed by atoms with Gasteiger partial charge in [-0.3, -0.25) is 9.59 Å². The molecule has 0 aromatic carbocycles. The van der Waals surface area contributed by atoms with Crippen LogP contribution in [0.1, 0.15) is 380 Å². The van der Waals surface area contributed by atoms with Crippen molar-refractivity contribution in [2.45, 2.75) is 392 Å². The number of hydrogen-bond donors (Lipinski definition) is 3. The quantitative estimate of drug-likeness (QED) is 0.0320. The molecule has 0 aromatic heterocycles. The first kappa shape index (κ1) is 78.6. The minimum absolute atomic E-state index is 0.0100. The number of unbranched alkanes of at least 4 members (excludes halogenated alkanes) is 48. The Morgan fingerprint density at radius 1 is 0.346 bits per heavy atom. The summed E-state index contributed by atoms with van der Waals surface area (Å²) >= 11 is 0. The fraction of sp³-hybridized carbons (Fsp3) is 0.840. The molecule has 474 valence electrons. The van der Waals surface area contributed by atoms with E-state index in [0.29, 0.717) is 19.4 Å². The van der Waals surface area contributed by atoms with Crippen LogP contribution in [0.4, 0.5) is 0 Å². The molecule has 0 saturated heterocycles. The molecule has 0 radical (unpaired) electrons. The number of hydrogen-bond acceptors (Lipinski definition) is 5. The van der Waals surface area contributed by atoms with Gasteiger partial charge in [0.25, 0.3) is 0 Å². The molecule has 0 saturated carbocycles. The van der Waals surface area contributed by atoms with Crippen molar-refractivity contribution in [3.63, 3.8) is 0 Å². The number of aliphatic hydroxyl groups is 2. The molecule has 0 aliphatic carbocycles. The van der Waals surface area contributed by atoms with Gasteiger partial charge in [0, 0.05) is 12.8 Å². The number of esters is 1. The predicted molar refractivity (Wildman–Crippen MR) is 356 cm³/mol.